The first-order chi connectivity index (χ1) is 10.6. The van der Waals surface area contributed by atoms with Crippen LogP contribution in [0.1, 0.15) is 6.42 Å². The van der Waals surface area contributed by atoms with E-state index in [1.54, 1.807) is 7.05 Å². The molecule has 0 fully saturated rings. The molecule has 0 bridgehead atoms. The van der Waals surface area contributed by atoms with Crippen LogP contribution in [0.25, 0.3) is 0 Å². The van der Waals surface area contributed by atoms with E-state index in [9.17, 15) is 9.13 Å². The highest BCUT2D eigenvalue weighted by Crippen LogP contribution is 2.60. The summed E-state index contributed by atoms with van der Waals surface area (Å²) in [5, 5.41) is 0. The summed E-state index contributed by atoms with van der Waals surface area (Å²) in [5.41, 5.74) is -2.38. The normalized spacial score (nSPS) is 12.8. The minimum atomic E-state index is -5.04. The van der Waals surface area contributed by atoms with Crippen molar-refractivity contribution >= 4 is 21.5 Å². The van der Waals surface area contributed by atoms with Crippen molar-refractivity contribution in [2.45, 2.75) is 11.9 Å². The fraction of sp³-hybridized carbons (Fsp3) is 0.417. The van der Waals surface area contributed by atoms with Crippen molar-refractivity contribution in [1.29, 1.82) is 0 Å². The van der Waals surface area contributed by atoms with Crippen molar-refractivity contribution in [1.82, 2.24) is 4.90 Å². The second-order valence-corrected chi connectivity index (χ2v) is 8.53. The zero-order valence-corrected chi connectivity index (χ0v) is 14.3. The number of para-hydroxylation sites is 1. The number of hydrogen-bond acceptors (Lipinski definition) is 4. The lowest BCUT2D eigenvalue weighted by Gasteiger charge is -2.18. The largest absolute Gasteiger partial charge is 0.494 e. The molecular weight excluding hydrogens is 346 g/mol. The van der Waals surface area contributed by atoms with E-state index in [1.165, 1.54) is 4.90 Å². The molecule has 0 saturated carbocycles. The van der Waals surface area contributed by atoms with Gasteiger partial charge < -0.3 is 29.2 Å². The first kappa shape index (κ1) is 19.8. The van der Waals surface area contributed by atoms with Crippen LogP contribution in [-0.4, -0.2) is 56.5 Å². The summed E-state index contributed by atoms with van der Waals surface area (Å²) in [4.78, 5) is 40.5. The van der Waals surface area contributed by atoms with Gasteiger partial charge in [0.25, 0.3) is 5.52 Å². The van der Waals surface area contributed by atoms with Gasteiger partial charge in [-0.1, -0.05) is 18.2 Å². The lowest BCUT2D eigenvalue weighted by atomic mass is 10.3. The molecule has 0 heterocycles. The molecule has 1 aromatic rings. The van der Waals surface area contributed by atoms with Crippen LogP contribution < -0.4 is 4.74 Å². The highest BCUT2D eigenvalue weighted by atomic mass is 31.2. The summed E-state index contributed by atoms with van der Waals surface area (Å²) < 4.78 is 27.6. The maximum atomic E-state index is 11.1. The van der Waals surface area contributed by atoms with Gasteiger partial charge in [-0.3, -0.25) is 9.13 Å². The number of benzene rings is 1. The fourth-order valence-electron chi connectivity index (χ4n) is 1.62. The summed E-state index contributed by atoms with van der Waals surface area (Å²) in [6.07, 6.45) is 1.60. The Bertz CT molecular complexity index is 577. The predicted octanol–water partition coefficient (Wildman–Crippen LogP) is 1.05. The highest BCUT2D eigenvalue weighted by molar-refractivity contribution is 7.70. The van der Waals surface area contributed by atoms with Crippen molar-refractivity contribution in [3.8, 4) is 5.75 Å². The highest BCUT2D eigenvalue weighted by Gasteiger charge is 2.43. The molecule has 23 heavy (non-hydrogen) atoms. The van der Waals surface area contributed by atoms with Gasteiger partial charge in [-0.15, -0.1) is 0 Å². The summed E-state index contributed by atoms with van der Waals surface area (Å²) in [5.74, 6) is 0.729. The van der Waals surface area contributed by atoms with Crippen LogP contribution in [0.4, 0.5) is 0 Å². The van der Waals surface area contributed by atoms with Crippen LogP contribution in [0.15, 0.2) is 35.3 Å². The van der Waals surface area contributed by atoms with Crippen LogP contribution in [0.3, 0.4) is 0 Å². The fourth-order valence-corrected chi connectivity index (χ4v) is 3.66. The zero-order valence-electron chi connectivity index (χ0n) is 12.5. The molecule has 0 aliphatic rings. The average molecular weight is 366 g/mol. The minimum absolute atomic E-state index is 0.419. The molecule has 1 rings (SSSR count). The van der Waals surface area contributed by atoms with E-state index in [1.807, 2.05) is 30.3 Å². The molecule has 0 radical (unpaired) electrons. The van der Waals surface area contributed by atoms with E-state index in [2.05, 4.69) is 4.99 Å². The van der Waals surface area contributed by atoms with Crippen LogP contribution >= 0.6 is 15.2 Å². The SMILES string of the molecule is CN(/C=N/C(P(=O)(O)O)P(=O)(O)O)CCCOc1ccccc1. The maximum Gasteiger partial charge on any atom is 0.362 e. The summed E-state index contributed by atoms with van der Waals surface area (Å²) >= 11 is 0. The van der Waals surface area contributed by atoms with Crippen LogP contribution in [0.5, 0.6) is 5.75 Å². The van der Waals surface area contributed by atoms with Gasteiger partial charge in [-0.2, -0.15) is 0 Å². The summed E-state index contributed by atoms with van der Waals surface area (Å²) in [7, 11) is -8.50. The number of nitrogens with zero attached hydrogens (tertiary/aromatic N) is 2. The molecule has 0 aliphatic carbocycles. The summed E-state index contributed by atoms with van der Waals surface area (Å²) in [6, 6.07) is 9.19. The van der Waals surface area contributed by atoms with E-state index in [-0.39, 0.29) is 0 Å². The molecule has 0 aliphatic heterocycles. The van der Waals surface area contributed by atoms with Crippen molar-refractivity contribution in [3.63, 3.8) is 0 Å². The summed E-state index contributed by atoms with van der Waals surface area (Å²) in [6.45, 7) is 0.855. The Hall–Kier alpha value is -1.21. The lowest BCUT2D eigenvalue weighted by Crippen LogP contribution is -2.21. The van der Waals surface area contributed by atoms with Gasteiger partial charge in [0, 0.05) is 13.6 Å². The van der Waals surface area contributed by atoms with Crippen LogP contribution in [0.2, 0.25) is 0 Å². The van der Waals surface area contributed by atoms with Crippen molar-refractivity contribution < 1.29 is 33.4 Å². The number of rotatable bonds is 9. The van der Waals surface area contributed by atoms with Crippen molar-refractivity contribution in [3.05, 3.63) is 30.3 Å². The molecule has 130 valence electrons. The van der Waals surface area contributed by atoms with Crippen molar-refractivity contribution in [2.24, 2.45) is 4.99 Å². The van der Waals surface area contributed by atoms with Gasteiger partial charge in [0.1, 0.15) is 5.75 Å². The molecule has 0 amide bonds. The number of ether oxygens (including phenoxy) is 1. The molecule has 9 nitrogen and oxygen atoms in total. The average Bonchev–Trinajstić information content (AvgIpc) is 2.42. The third-order valence-corrected chi connectivity index (χ3v) is 5.94. The second kappa shape index (κ2) is 8.59. The van der Waals surface area contributed by atoms with E-state index < -0.39 is 20.7 Å². The van der Waals surface area contributed by atoms with Crippen LogP contribution in [-0.2, 0) is 9.13 Å². The molecule has 0 saturated heterocycles. The Balaban J connectivity index is 2.44. The monoisotopic (exact) mass is 366 g/mol. The smallest absolute Gasteiger partial charge is 0.362 e. The Morgan fingerprint density at radius 3 is 2.26 bits per heavy atom. The van der Waals surface area contributed by atoms with Gasteiger partial charge in [0.15, 0.2) is 0 Å². The number of hydrogen-bond donors (Lipinski definition) is 4. The van der Waals surface area contributed by atoms with Gasteiger partial charge in [0.05, 0.1) is 12.9 Å². The minimum Gasteiger partial charge on any atom is -0.494 e. The first-order valence-electron chi connectivity index (χ1n) is 6.62. The van der Waals surface area contributed by atoms with Gasteiger partial charge in [-0.25, -0.2) is 4.99 Å². The van der Waals surface area contributed by atoms with Gasteiger partial charge >= 0.3 is 15.2 Å². The molecule has 1 aromatic carbocycles. The van der Waals surface area contributed by atoms with Crippen LogP contribution in [0, 0.1) is 0 Å². The third kappa shape index (κ3) is 7.74. The topological polar surface area (TPSA) is 140 Å². The predicted molar refractivity (Wildman–Crippen MR) is 85.6 cm³/mol. The Morgan fingerprint density at radius 1 is 1.17 bits per heavy atom. The molecule has 0 spiro atoms. The Kier molecular flexibility index (Phi) is 7.41. The lowest BCUT2D eigenvalue weighted by molar-refractivity contribution is 0.296. The van der Waals surface area contributed by atoms with E-state index in [4.69, 9.17) is 24.3 Å². The molecule has 0 aromatic heterocycles. The van der Waals surface area contributed by atoms with Crippen molar-refractivity contribution in [2.75, 3.05) is 20.2 Å². The number of aliphatic imine (C=N–C) groups is 1. The molecule has 0 atom stereocenters. The third-order valence-electron chi connectivity index (χ3n) is 2.67. The first-order valence-corrected chi connectivity index (χ1v) is 9.99. The Morgan fingerprint density at radius 2 is 1.74 bits per heavy atom. The standard InChI is InChI=1S/C12H20N2O7P2/c1-14(8-5-9-21-11-6-3-2-4-7-11)10-13-12(22(15,16)17)23(18,19)20/h2-4,6-7,10,12H,5,8-9H2,1H3,(H2,15,16,17)(H2,18,19,20)/b13-10+. The van der Waals surface area contributed by atoms with E-state index >= 15 is 0 Å². The van der Waals surface area contributed by atoms with Gasteiger partial charge in [0.2, 0.25) is 0 Å². The van der Waals surface area contributed by atoms with E-state index in [0.29, 0.717) is 19.6 Å². The van der Waals surface area contributed by atoms with Gasteiger partial charge in [-0.05, 0) is 18.6 Å². The molecule has 4 N–H and O–H groups in total. The molecule has 0 unspecified atom stereocenters. The maximum absolute atomic E-state index is 11.1. The molecular formula is C12H20N2O7P2. The zero-order chi connectivity index (χ0) is 17.5. The quantitative estimate of drug-likeness (QED) is 0.220. The molecule has 11 heteroatoms. The second-order valence-electron chi connectivity index (χ2n) is 4.78. The Labute approximate surface area is 133 Å². The van der Waals surface area contributed by atoms with E-state index in [0.717, 1.165) is 12.1 Å².